The van der Waals surface area contributed by atoms with Crippen LogP contribution in [0.2, 0.25) is 0 Å². The van der Waals surface area contributed by atoms with Crippen molar-refractivity contribution in [3.8, 4) is 0 Å². The van der Waals surface area contributed by atoms with Crippen molar-refractivity contribution in [3.63, 3.8) is 0 Å². The molecule has 0 bridgehead atoms. The molecule has 0 spiro atoms. The average Bonchev–Trinajstić information content (AvgIpc) is 2.81. The Kier molecular flexibility index (Phi) is 13.4. The number of unbranched alkanes of at least 4 members (excludes halogenated alkanes) is 1. The first-order chi connectivity index (χ1) is 16.6. The van der Waals surface area contributed by atoms with Crippen molar-refractivity contribution < 1.29 is 29.1 Å². The van der Waals surface area contributed by atoms with Crippen molar-refractivity contribution in [2.75, 3.05) is 12.3 Å². The SMILES string of the molecule is NCCCCC(NC(=O)C(N)Cc1ccccc1)C(=O)NC(CS)C(=O)NC(CC(N)=O)C(=O)O. The Morgan fingerprint density at radius 2 is 1.46 bits per heavy atom. The number of hydrogen-bond donors (Lipinski definition) is 8. The minimum Gasteiger partial charge on any atom is -0.480 e. The van der Waals surface area contributed by atoms with E-state index in [0.29, 0.717) is 19.4 Å². The van der Waals surface area contributed by atoms with Crippen molar-refractivity contribution in [2.24, 2.45) is 17.2 Å². The first kappa shape index (κ1) is 29.9. The number of nitrogens with two attached hydrogens (primary N) is 3. The van der Waals surface area contributed by atoms with E-state index in [1.165, 1.54) is 0 Å². The molecule has 0 aliphatic heterocycles. The molecule has 13 heteroatoms. The van der Waals surface area contributed by atoms with Crippen LogP contribution in [-0.2, 0) is 30.4 Å². The van der Waals surface area contributed by atoms with Crippen molar-refractivity contribution >= 4 is 42.2 Å². The van der Waals surface area contributed by atoms with Crippen molar-refractivity contribution in [1.29, 1.82) is 0 Å². The van der Waals surface area contributed by atoms with Gasteiger partial charge in [0, 0.05) is 5.75 Å². The molecular weight excluding hydrogens is 476 g/mol. The third-order valence-corrected chi connectivity index (χ3v) is 5.42. The van der Waals surface area contributed by atoms with E-state index in [-0.39, 0.29) is 18.6 Å². The van der Waals surface area contributed by atoms with E-state index >= 15 is 0 Å². The molecule has 0 aliphatic rings. The van der Waals surface area contributed by atoms with Gasteiger partial charge in [-0.1, -0.05) is 30.3 Å². The fraction of sp³-hybridized carbons (Fsp3) is 0.500. The van der Waals surface area contributed by atoms with Crippen molar-refractivity contribution in [3.05, 3.63) is 35.9 Å². The van der Waals surface area contributed by atoms with E-state index in [9.17, 15) is 29.1 Å². The number of benzene rings is 1. The van der Waals surface area contributed by atoms with E-state index < -0.39 is 60.2 Å². The van der Waals surface area contributed by atoms with Crippen molar-refractivity contribution in [2.45, 2.75) is 56.3 Å². The van der Waals surface area contributed by atoms with Gasteiger partial charge in [-0.05, 0) is 37.8 Å². The molecule has 35 heavy (non-hydrogen) atoms. The summed E-state index contributed by atoms with van der Waals surface area (Å²) in [5.41, 5.74) is 17.4. The summed E-state index contributed by atoms with van der Waals surface area (Å²) in [4.78, 5) is 60.4. The average molecular weight is 511 g/mol. The zero-order valence-electron chi connectivity index (χ0n) is 19.3. The molecule has 194 valence electrons. The van der Waals surface area contributed by atoms with Gasteiger partial charge in [0.25, 0.3) is 0 Å². The Morgan fingerprint density at radius 3 is 2.00 bits per heavy atom. The van der Waals surface area contributed by atoms with Crippen LogP contribution in [0.15, 0.2) is 30.3 Å². The van der Waals surface area contributed by atoms with Gasteiger partial charge in [-0.3, -0.25) is 19.2 Å². The number of carboxylic acids is 1. The Bertz CT molecular complexity index is 871. The van der Waals surface area contributed by atoms with Crippen LogP contribution in [0.25, 0.3) is 0 Å². The summed E-state index contributed by atoms with van der Waals surface area (Å²) in [5.74, 6) is -4.62. The molecule has 4 atom stereocenters. The van der Waals surface area contributed by atoms with Crippen LogP contribution < -0.4 is 33.2 Å². The van der Waals surface area contributed by atoms with E-state index in [2.05, 4.69) is 28.6 Å². The quantitative estimate of drug-likeness (QED) is 0.0918. The lowest BCUT2D eigenvalue weighted by Gasteiger charge is -2.24. The highest BCUT2D eigenvalue weighted by atomic mass is 32.1. The number of carbonyl (C=O) groups is 5. The summed E-state index contributed by atoms with van der Waals surface area (Å²) >= 11 is 4.05. The highest BCUT2D eigenvalue weighted by molar-refractivity contribution is 7.80. The Balaban J connectivity index is 2.85. The second-order valence-electron chi connectivity index (χ2n) is 7.96. The number of carboxylic acid groups (broad SMARTS) is 1. The van der Waals surface area contributed by atoms with E-state index in [1.807, 2.05) is 30.3 Å². The maximum Gasteiger partial charge on any atom is 0.326 e. The molecule has 0 saturated carbocycles. The van der Waals surface area contributed by atoms with Crippen molar-refractivity contribution in [1.82, 2.24) is 16.0 Å². The number of rotatable bonds is 16. The molecule has 1 rings (SSSR count). The predicted octanol–water partition coefficient (Wildman–Crippen LogP) is -1.97. The molecule has 0 aromatic heterocycles. The molecule has 0 heterocycles. The zero-order valence-corrected chi connectivity index (χ0v) is 20.2. The van der Waals surface area contributed by atoms with Crippen LogP contribution in [-0.4, -0.2) is 71.2 Å². The predicted molar refractivity (Wildman–Crippen MR) is 132 cm³/mol. The molecule has 12 nitrogen and oxygen atoms in total. The smallest absolute Gasteiger partial charge is 0.326 e. The maximum absolute atomic E-state index is 12.9. The lowest BCUT2D eigenvalue weighted by atomic mass is 10.0. The van der Waals surface area contributed by atoms with Gasteiger partial charge in [-0.2, -0.15) is 12.6 Å². The van der Waals surface area contributed by atoms with Crippen LogP contribution >= 0.6 is 12.6 Å². The van der Waals surface area contributed by atoms with Gasteiger partial charge in [0.1, 0.15) is 18.1 Å². The Labute approximate surface area is 209 Å². The van der Waals surface area contributed by atoms with Gasteiger partial charge in [0.05, 0.1) is 12.5 Å². The molecule has 4 amide bonds. The van der Waals surface area contributed by atoms with Gasteiger partial charge in [-0.25, -0.2) is 4.79 Å². The van der Waals surface area contributed by atoms with E-state index in [4.69, 9.17) is 17.2 Å². The van der Waals surface area contributed by atoms with Gasteiger partial charge < -0.3 is 38.3 Å². The molecule has 0 radical (unpaired) electrons. The lowest BCUT2D eigenvalue weighted by molar-refractivity contribution is -0.143. The lowest BCUT2D eigenvalue weighted by Crippen LogP contribution is -2.58. The zero-order chi connectivity index (χ0) is 26.4. The van der Waals surface area contributed by atoms with E-state index in [1.54, 1.807) is 0 Å². The Hall–Kier alpha value is -3.16. The molecule has 0 aliphatic carbocycles. The number of carbonyl (C=O) groups excluding carboxylic acids is 4. The third kappa shape index (κ3) is 11.2. The molecule has 1 aromatic carbocycles. The van der Waals surface area contributed by atoms with Gasteiger partial charge in [0.2, 0.25) is 23.6 Å². The van der Waals surface area contributed by atoms with Gasteiger partial charge >= 0.3 is 5.97 Å². The van der Waals surface area contributed by atoms with Crippen LogP contribution in [0.1, 0.15) is 31.2 Å². The summed E-state index contributed by atoms with van der Waals surface area (Å²) < 4.78 is 0. The largest absolute Gasteiger partial charge is 0.480 e. The van der Waals surface area contributed by atoms with Crippen LogP contribution in [0.5, 0.6) is 0 Å². The normalized spacial score (nSPS) is 14.1. The monoisotopic (exact) mass is 510 g/mol. The maximum atomic E-state index is 12.9. The Morgan fingerprint density at radius 1 is 0.886 bits per heavy atom. The second-order valence-corrected chi connectivity index (χ2v) is 8.32. The number of primary amides is 1. The molecule has 4 unspecified atom stereocenters. The van der Waals surface area contributed by atoms with Crippen LogP contribution in [0.3, 0.4) is 0 Å². The standard InChI is InChI=1S/C22H34N6O6S/c23-9-5-4-8-15(26-19(30)14(24)10-13-6-2-1-3-7-13)20(31)28-17(12-35)21(32)27-16(22(33)34)11-18(25)29/h1-3,6-7,14-17,35H,4-5,8-12,23-24H2,(H2,25,29)(H,26,30)(H,27,32)(H,28,31)(H,33,34). The first-order valence-electron chi connectivity index (χ1n) is 11.1. The molecule has 10 N–H and O–H groups in total. The molecule has 0 fully saturated rings. The number of nitrogens with one attached hydrogen (secondary N) is 3. The molecule has 0 saturated heterocycles. The second kappa shape index (κ2) is 15.7. The number of aliphatic carboxylic acids is 1. The third-order valence-electron chi connectivity index (χ3n) is 5.05. The summed E-state index contributed by atoms with van der Waals surface area (Å²) in [6, 6.07) is 4.45. The summed E-state index contributed by atoms with van der Waals surface area (Å²) in [7, 11) is 0. The minimum absolute atomic E-state index is 0.169. The van der Waals surface area contributed by atoms with Crippen LogP contribution in [0, 0.1) is 0 Å². The summed E-state index contributed by atoms with van der Waals surface area (Å²) in [6.45, 7) is 0.397. The van der Waals surface area contributed by atoms with Gasteiger partial charge in [-0.15, -0.1) is 0 Å². The molecular formula is C22H34N6O6S. The number of amides is 4. The summed E-state index contributed by atoms with van der Waals surface area (Å²) in [6.07, 6.45) is 1.03. The fourth-order valence-corrected chi connectivity index (χ4v) is 3.40. The highest BCUT2D eigenvalue weighted by Crippen LogP contribution is 2.06. The fourth-order valence-electron chi connectivity index (χ4n) is 3.14. The minimum atomic E-state index is -1.56. The summed E-state index contributed by atoms with van der Waals surface area (Å²) in [5, 5.41) is 16.4. The number of thiol groups is 1. The molecule has 1 aromatic rings. The van der Waals surface area contributed by atoms with E-state index in [0.717, 1.165) is 5.56 Å². The van der Waals surface area contributed by atoms with Crippen LogP contribution in [0.4, 0.5) is 0 Å². The topological polar surface area (TPSA) is 220 Å². The highest BCUT2D eigenvalue weighted by Gasteiger charge is 2.30. The first-order valence-corrected chi connectivity index (χ1v) is 11.7. The number of hydrogen-bond acceptors (Lipinski definition) is 8. The van der Waals surface area contributed by atoms with Gasteiger partial charge in [0.15, 0.2) is 0 Å².